The van der Waals surface area contributed by atoms with Gasteiger partial charge in [0, 0.05) is 24.7 Å². The first kappa shape index (κ1) is 12.9. The van der Waals surface area contributed by atoms with Crippen molar-refractivity contribution in [3.05, 3.63) is 46.5 Å². The SMILES string of the molecule is Cn1cc(CC(NN)c2ccc(F)cc2Cl)nn1. The lowest BCUT2D eigenvalue weighted by atomic mass is 10.0. The van der Waals surface area contributed by atoms with Crippen molar-refractivity contribution in [3.63, 3.8) is 0 Å². The van der Waals surface area contributed by atoms with Gasteiger partial charge in [-0.05, 0) is 17.7 Å². The van der Waals surface area contributed by atoms with E-state index < -0.39 is 0 Å². The van der Waals surface area contributed by atoms with Crippen LogP contribution in [0.1, 0.15) is 17.3 Å². The number of hydrogen-bond donors (Lipinski definition) is 2. The molecule has 0 saturated heterocycles. The number of rotatable bonds is 4. The molecule has 0 aliphatic rings. The lowest BCUT2D eigenvalue weighted by Gasteiger charge is -2.16. The number of benzene rings is 1. The molecule has 0 spiro atoms. The molecule has 5 nitrogen and oxygen atoms in total. The maximum absolute atomic E-state index is 13.0. The smallest absolute Gasteiger partial charge is 0.124 e. The number of nitrogens with two attached hydrogens (primary N) is 1. The Hall–Kier alpha value is -1.50. The fraction of sp³-hybridized carbons (Fsp3) is 0.273. The predicted molar refractivity (Wildman–Crippen MR) is 66.2 cm³/mol. The Morgan fingerprint density at radius 3 is 2.89 bits per heavy atom. The average molecular weight is 270 g/mol. The van der Waals surface area contributed by atoms with Crippen molar-refractivity contribution in [2.75, 3.05) is 0 Å². The fourth-order valence-electron chi connectivity index (χ4n) is 1.74. The zero-order chi connectivity index (χ0) is 13.1. The average Bonchev–Trinajstić information content (AvgIpc) is 2.72. The predicted octanol–water partition coefficient (Wildman–Crippen LogP) is 1.35. The minimum absolute atomic E-state index is 0.241. The highest BCUT2D eigenvalue weighted by molar-refractivity contribution is 6.31. The molecule has 1 heterocycles. The van der Waals surface area contributed by atoms with E-state index in [1.807, 2.05) is 0 Å². The minimum Gasteiger partial charge on any atom is -0.271 e. The highest BCUT2D eigenvalue weighted by Gasteiger charge is 2.16. The van der Waals surface area contributed by atoms with E-state index in [1.54, 1.807) is 24.0 Å². The van der Waals surface area contributed by atoms with Crippen molar-refractivity contribution in [2.45, 2.75) is 12.5 Å². The van der Waals surface area contributed by atoms with Gasteiger partial charge in [0.25, 0.3) is 0 Å². The van der Waals surface area contributed by atoms with E-state index in [4.69, 9.17) is 17.4 Å². The Labute approximate surface area is 109 Å². The molecular weight excluding hydrogens is 257 g/mol. The summed E-state index contributed by atoms with van der Waals surface area (Å²) in [6.07, 6.45) is 2.32. The minimum atomic E-state index is -0.376. The van der Waals surface area contributed by atoms with Gasteiger partial charge in [0.15, 0.2) is 0 Å². The van der Waals surface area contributed by atoms with Gasteiger partial charge in [-0.25, -0.2) is 4.39 Å². The van der Waals surface area contributed by atoms with Crippen LogP contribution >= 0.6 is 11.6 Å². The van der Waals surface area contributed by atoms with Crippen LogP contribution in [0, 0.1) is 5.82 Å². The van der Waals surface area contributed by atoms with Gasteiger partial charge in [-0.15, -0.1) is 5.10 Å². The summed E-state index contributed by atoms with van der Waals surface area (Å²) in [4.78, 5) is 0. The van der Waals surface area contributed by atoms with Crippen molar-refractivity contribution in [2.24, 2.45) is 12.9 Å². The van der Waals surface area contributed by atoms with E-state index in [0.717, 1.165) is 11.3 Å². The lowest BCUT2D eigenvalue weighted by molar-refractivity contribution is 0.543. The number of nitrogens with one attached hydrogen (secondary N) is 1. The monoisotopic (exact) mass is 269 g/mol. The summed E-state index contributed by atoms with van der Waals surface area (Å²) in [5.41, 5.74) is 4.16. The molecule has 7 heteroatoms. The first-order chi connectivity index (χ1) is 8.60. The third-order valence-corrected chi connectivity index (χ3v) is 2.93. The molecule has 3 N–H and O–H groups in total. The second kappa shape index (κ2) is 5.43. The van der Waals surface area contributed by atoms with Gasteiger partial charge in [-0.2, -0.15) is 0 Å². The molecule has 0 aliphatic heterocycles. The molecule has 18 heavy (non-hydrogen) atoms. The van der Waals surface area contributed by atoms with Crippen molar-refractivity contribution in [3.8, 4) is 0 Å². The zero-order valence-electron chi connectivity index (χ0n) is 9.77. The summed E-state index contributed by atoms with van der Waals surface area (Å²) in [6.45, 7) is 0. The Kier molecular flexibility index (Phi) is 3.90. The van der Waals surface area contributed by atoms with Crippen molar-refractivity contribution in [1.29, 1.82) is 0 Å². The number of aromatic nitrogens is 3. The van der Waals surface area contributed by atoms with Gasteiger partial charge in [-0.1, -0.05) is 22.9 Å². The summed E-state index contributed by atoms with van der Waals surface area (Å²) < 4.78 is 14.6. The summed E-state index contributed by atoms with van der Waals surface area (Å²) in [7, 11) is 1.78. The summed E-state index contributed by atoms with van der Waals surface area (Å²) in [6, 6.07) is 3.98. The van der Waals surface area contributed by atoms with E-state index in [9.17, 15) is 4.39 Å². The van der Waals surface area contributed by atoms with E-state index in [-0.39, 0.29) is 11.9 Å². The largest absolute Gasteiger partial charge is 0.271 e. The van der Waals surface area contributed by atoms with Gasteiger partial charge in [0.1, 0.15) is 5.82 Å². The van der Waals surface area contributed by atoms with Gasteiger partial charge < -0.3 is 0 Å². The summed E-state index contributed by atoms with van der Waals surface area (Å²) >= 11 is 6.00. The lowest BCUT2D eigenvalue weighted by Crippen LogP contribution is -2.30. The van der Waals surface area contributed by atoms with Crippen molar-refractivity contribution >= 4 is 11.6 Å². The molecule has 0 saturated carbocycles. The number of hydrogen-bond acceptors (Lipinski definition) is 4. The first-order valence-corrected chi connectivity index (χ1v) is 5.74. The number of halogens is 2. The number of hydrazine groups is 1. The molecule has 1 aromatic heterocycles. The molecule has 0 radical (unpaired) electrons. The Morgan fingerprint density at radius 2 is 2.33 bits per heavy atom. The van der Waals surface area contributed by atoms with Crippen molar-refractivity contribution in [1.82, 2.24) is 20.4 Å². The Balaban J connectivity index is 2.22. The Morgan fingerprint density at radius 1 is 1.56 bits per heavy atom. The quantitative estimate of drug-likeness (QED) is 0.649. The second-order valence-electron chi connectivity index (χ2n) is 3.97. The van der Waals surface area contributed by atoms with E-state index in [2.05, 4.69) is 15.7 Å². The zero-order valence-corrected chi connectivity index (χ0v) is 10.5. The highest BCUT2D eigenvalue weighted by atomic mass is 35.5. The van der Waals surface area contributed by atoms with Gasteiger partial charge in [-0.3, -0.25) is 16.0 Å². The second-order valence-corrected chi connectivity index (χ2v) is 4.38. The third-order valence-electron chi connectivity index (χ3n) is 2.60. The summed E-state index contributed by atoms with van der Waals surface area (Å²) in [5.74, 6) is 5.13. The van der Waals surface area contributed by atoms with Crippen LogP contribution in [0.5, 0.6) is 0 Å². The van der Waals surface area contributed by atoms with Crippen LogP contribution in [0.25, 0.3) is 0 Å². The molecule has 1 unspecified atom stereocenters. The molecule has 0 fully saturated rings. The molecule has 96 valence electrons. The number of nitrogens with zero attached hydrogens (tertiary/aromatic N) is 3. The van der Waals surface area contributed by atoms with Crippen LogP contribution in [0.4, 0.5) is 4.39 Å². The molecule has 2 aromatic rings. The fourth-order valence-corrected chi connectivity index (χ4v) is 2.04. The molecule has 1 atom stereocenters. The maximum Gasteiger partial charge on any atom is 0.124 e. The van der Waals surface area contributed by atoms with Crippen LogP contribution in [-0.4, -0.2) is 15.0 Å². The molecule has 0 bridgehead atoms. The summed E-state index contributed by atoms with van der Waals surface area (Å²) in [5, 5.41) is 8.15. The highest BCUT2D eigenvalue weighted by Crippen LogP contribution is 2.25. The van der Waals surface area contributed by atoms with Crippen LogP contribution < -0.4 is 11.3 Å². The molecule has 2 rings (SSSR count). The van der Waals surface area contributed by atoms with Crippen molar-refractivity contribution < 1.29 is 4.39 Å². The van der Waals surface area contributed by atoms with Gasteiger partial charge in [0.2, 0.25) is 0 Å². The van der Waals surface area contributed by atoms with E-state index in [1.165, 1.54) is 12.1 Å². The van der Waals surface area contributed by atoms with Gasteiger partial charge in [0.05, 0.1) is 11.7 Å². The van der Waals surface area contributed by atoms with E-state index in [0.29, 0.717) is 11.4 Å². The first-order valence-electron chi connectivity index (χ1n) is 5.36. The number of aryl methyl sites for hydroxylation is 1. The molecule has 0 amide bonds. The van der Waals surface area contributed by atoms with Gasteiger partial charge >= 0.3 is 0 Å². The third kappa shape index (κ3) is 2.84. The Bertz CT molecular complexity index is 542. The topological polar surface area (TPSA) is 68.8 Å². The maximum atomic E-state index is 13.0. The van der Waals surface area contributed by atoms with Crippen LogP contribution in [0.2, 0.25) is 5.02 Å². The molecular formula is C11H13ClFN5. The van der Waals surface area contributed by atoms with E-state index >= 15 is 0 Å². The van der Waals surface area contributed by atoms with Crippen LogP contribution in [-0.2, 0) is 13.5 Å². The standard InChI is InChI=1S/C11H13ClFN5/c1-18-6-8(16-17-18)5-11(15-14)9-3-2-7(13)4-10(9)12/h2-4,6,11,15H,5,14H2,1H3. The van der Waals surface area contributed by atoms with Crippen LogP contribution in [0.3, 0.4) is 0 Å². The molecule has 0 aliphatic carbocycles. The van der Waals surface area contributed by atoms with Crippen LogP contribution in [0.15, 0.2) is 24.4 Å². The molecule has 1 aromatic carbocycles. The normalized spacial score (nSPS) is 12.7.